The lowest BCUT2D eigenvalue weighted by Crippen LogP contribution is -2.66. The van der Waals surface area contributed by atoms with E-state index in [1.807, 2.05) is 6.08 Å². The standard InChI is InChI=1S/C72H137NO18/c1-3-5-7-9-11-13-15-17-19-21-23-24-25-26-27-28-29-30-31-32-33-35-37-39-41-43-45-47-49-56(77)55(73-60(78)50-48-46-44-42-40-38-36-34-22-20-18-16-14-12-10-8-6-4-2)54-86-70-66(84)63(81)68(58(52-75)88-70)91-72-67(85)64(82)69(59(53-76)89-72)90-71-65(83)62(80)61(79)57(51-74)87-71/h47,49,55-59,61-72,74-77,79-85H,3-46,48,50-54H2,1-2H3,(H,73,78)/b49-47+. The van der Waals surface area contributed by atoms with Crippen LogP contribution in [0.2, 0.25) is 0 Å². The molecule has 19 nitrogen and oxygen atoms in total. The zero-order chi connectivity index (χ0) is 66.1. The number of allylic oxidation sites excluding steroid dienone is 1. The Hall–Kier alpha value is -1.47. The number of hydrogen-bond acceptors (Lipinski definition) is 18. The zero-order valence-corrected chi connectivity index (χ0v) is 57.1. The predicted molar refractivity (Wildman–Crippen MR) is 356 cm³/mol. The van der Waals surface area contributed by atoms with Crippen LogP contribution in [0.25, 0.3) is 0 Å². The fraction of sp³-hybridized carbons (Fsp3) is 0.958. The molecule has 17 unspecified atom stereocenters. The molecule has 3 saturated heterocycles. The van der Waals surface area contributed by atoms with E-state index in [9.17, 15) is 61.0 Å². The van der Waals surface area contributed by atoms with Crippen molar-refractivity contribution in [2.24, 2.45) is 0 Å². The minimum Gasteiger partial charge on any atom is -0.394 e. The van der Waals surface area contributed by atoms with E-state index in [2.05, 4.69) is 19.2 Å². The minimum absolute atomic E-state index is 0.250. The Labute approximate surface area is 550 Å². The van der Waals surface area contributed by atoms with E-state index in [-0.39, 0.29) is 18.9 Å². The number of unbranched alkanes of at least 4 members (excludes halogenated alkanes) is 43. The van der Waals surface area contributed by atoms with Gasteiger partial charge in [-0.05, 0) is 19.3 Å². The van der Waals surface area contributed by atoms with Crippen molar-refractivity contribution in [3.63, 3.8) is 0 Å². The lowest BCUT2D eigenvalue weighted by Gasteiger charge is -2.48. The summed E-state index contributed by atoms with van der Waals surface area (Å²) in [5.41, 5.74) is 0. The summed E-state index contributed by atoms with van der Waals surface area (Å²) < 4.78 is 34.4. The van der Waals surface area contributed by atoms with E-state index < -0.39 is 124 Å². The molecular weight excluding hydrogens is 1170 g/mol. The number of nitrogens with one attached hydrogen (secondary N) is 1. The molecule has 3 fully saturated rings. The van der Waals surface area contributed by atoms with Crippen molar-refractivity contribution in [2.75, 3.05) is 26.4 Å². The van der Waals surface area contributed by atoms with Crippen LogP contribution in [0.4, 0.5) is 0 Å². The van der Waals surface area contributed by atoms with E-state index in [0.717, 1.165) is 44.9 Å². The van der Waals surface area contributed by atoms with E-state index >= 15 is 0 Å². The molecule has 17 atom stereocenters. The summed E-state index contributed by atoms with van der Waals surface area (Å²) in [4.78, 5) is 13.4. The van der Waals surface area contributed by atoms with Crippen LogP contribution in [-0.2, 0) is 33.2 Å². The maximum atomic E-state index is 13.4. The Kier molecular flexibility index (Phi) is 50.2. The van der Waals surface area contributed by atoms with E-state index in [0.29, 0.717) is 6.42 Å². The predicted octanol–water partition coefficient (Wildman–Crippen LogP) is 10.8. The number of amides is 1. The van der Waals surface area contributed by atoms with Gasteiger partial charge in [0.2, 0.25) is 5.91 Å². The van der Waals surface area contributed by atoms with E-state index in [1.54, 1.807) is 6.08 Å². The van der Waals surface area contributed by atoms with Crippen LogP contribution in [-0.4, -0.2) is 193 Å². The molecule has 0 aliphatic carbocycles. The molecule has 3 rings (SSSR count). The lowest BCUT2D eigenvalue weighted by molar-refractivity contribution is -0.379. The van der Waals surface area contributed by atoms with Crippen molar-refractivity contribution >= 4 is 5.91 Å². The van der Waals surface area contributed by atoms with Gasteiger partial charge in [-0.1, -0.05) is 296 Å². The zero-order valence-electron chi connectivity index (χ0n) is 57.1. The Bertz CT molecular complexity index is 1700. The van der Waals surface area contributed by atoms with Crippen LogP contribution in [0.15, 0.2) is 12.2 Å². The molecule has 0 bridgehead atoms. The average molecular weight is 1300 g/mol. The number of ether oxygens (including phenoxy) is 6. The summed E-state index contributed by atoms with van der Waals surface area (Å²) in [6, 6.07) is -0.969. The van der Waals surface area contributed by atoms with Gasteiger partial charge in [0.15, 0.2) is 18.9 Å². The van der Waals surface area contributed by atoms with Gasteiger partial charge in [-0.2, -0.15) is 0 Å². The molecule has 3 heterocycles. The molecule has 0 saturated carbocycles. The van der Waals surface area contributed by atoms with Gasteiger partial charge in [-0.3, -0.25) is 4.79 Å². The molecule has 0 aromatic carbocycles. The highest BCUT2D eigenvalue weighted by molar-refractivity contribution is 5.76. The number of aliphatic hydroxyl groups excluding tert-OH is 11. The fourth-order valence-corrected chi connectivity index (χ4v) is 13.0. The summed E-state index contributed by atoms with van der Waals surface area (Å²) in [5, 5.41) is 121. The third-order valence-corrected chi connectivity index (χ3v) is 19.1. The molecular formula is C72H137NO18. The molecule has 0 aromatic rings. The van der Waals surface area contributed by atoms with E-state index in [4.69, 9.17) is 28.4 Å². The first-order valence-corrected chi connectivity index (χ1v) is 37.4. The maximum Gasteiger partial charge on any atom is 0.220 e. The Balaban J connectivity index is 1.40. The Morgan fingerprint density at radius 1 is 0.385 bits per heavy atom. The molecule has 0 aromatic heterocycles. The second kappa shape index (κ2) is 54.5. The summed E-state index contributed by atoms with van der Waals surface area (Å²) in [6.45, 7) is 1.79. The van der Waals surface area contributed by atoms with Gasteiger partial charge in [0.05, 0.1) is 38.6 Å². The van der Waals surface area contributed by atoms with Crippen LogP contribution < -0.4 is 5.32 Å². The lowest BCUT2D eigenvalue weighted by atomic mass is 9.96. The minimum atomic E-state index is -1.98. The van der Waals surface area contributed by atoms with Crippen molar-refractivity contribution in [1.29, 1.82) is 0 Å². The number of carbonyl (C=O) groups is 1. The largest absolute Gasteiger partial charge is 0.394 e. The third kappa shape index (κ3) is 36.1. The highest BCUT2D eigenvalue weighted by Crippen LogP contribution is 2.33. The van der Waals surface area contributed by atoms with Crippen LogP contribution >= 0.6 is 0 Å². The average Bonchev–Trinajstić information content (AvgIpc) is 0.885. The third-order valence-electron chi connectivity index (χ3n) is 19.1. The van der Waals surface area contributed by atoms with Crippen LogP contribution in [0.1, 0.15) is 309 Å². The highest BCUT2D eigenvalue weighted by Gasteiger charge is 2.53. The Morgan fingerprint density at radius 3 is 1.03 bits per heavy atom. The topological polar surface area (TPSA) is 307 Å². The first-order valence-electron chi connectivity index (χ1n) is 37.4. The van der Waals surface area contributed by atoms with Crippen molar-refractivity contribution in [1.82, 2.24) is 5.32 Å². The number of hydrogen-bond donors (Lipinski definition) is 12. The van der Waals surface area contributed by atoms with Gasteiger partial charge in [0.1, 0.15) is 73.2 Å². The van der Waals surface area contributed by atoms with Crippen LogP contribution in [0, 0.1) is 0 Å². The van der Waals surface area contributed by atoms with Crippen LogP contribution in [0.3, 0.4) is 0 Å². The highest BCUT2D eigenvalue weighted by atomic mass is 16.8. The van der Waals surface area contributed by atoms with Gasteiger partial charge in [0.25, 0.3) is 0 Å². The summed E-state index contributed by atoms with van der Waals surface area (Å²) >= 11 is 0. The first-order chi connectivity index (χ1) is 44.3. The quantitative estimate of drug-likeness (QED) is 0.0199. The smallest absolute Gasteiger partial charge is 0.220 e. The molecule has 3 aliphatic rings. The van der Waals surface area contributed by atoms with Gasteiger partial charge in [-0.25, -0.2) is 0 Å². The molecule has 0 radical (unpaired) electrons. The molecule has 538 valence electrons. The summed E-state index contributed by atoms with van der Waals surface area (Å²) in [6.07, 6.45) is 34.8. The second-order valence-electron chi connectivity index (χ2n) is 27.1. The first kappa shape index (κ1) is 83.8. The molecule has 19 heteroatoms. The fourth-order valence-electron chi connectivity index (χ4n) is 13.0. The van der Waals surface area contributed by atoms with Crippen molar-refractivity contribution in [3.8, 4) is 0 Å². The Morgan fingerprint density at radius 2 is 0.681 bits per heavy atom. The molecule has 0 spiro atoms. The van der Waals surface area contributed by atoms with Crippen molar-refractivity contribution < 1.29 is 89.4 Å². The van der Waals surface area contributed by atoms with Crippen molar-refractivity contribution in [2.45, 2.75) is 413 Å². The van der Waals surface area contributed by atoms with Crippen LogP contribution in [0.5, 0.6) is 0 Å². The van der Waals surface area contributed by atoms with Crippen molar-refractivity contribution in [3.05, 3.63) is 12.2 Å². The van der Waals surface area contributed by atoms with E-state index in [1.165, 1.54) is 238 Å². The molecule has 3 aliphatic heterocycles. The maximum absolute atomic E-state index is 13.4. The summed E-state index contributed by atoms with van der Waals surface area (Å²) in [7, 11) is 0. The number of carbonyl (C=O) groups excluding carboxylic acids is 1. The number of aliphatic hydroxyl groups is 11. The molecule has 91 heavy (non-hydrogen) atoms. The van der Waals surface area contributed by atoms with Gasteiger partial charge >= 0.3 is 0 Å². The monoisotopic (exact) mass is 1300 g/mol. The SMILES string of the molecule is CCCCCCCCCCCCCCCCCCCCCCCCCCCC/C=C/C(O)C(COC1OC(CO)C(OC2OC(CO)C(OC3OC(CO)C(O)C(O)C3O)C(O)C2O)C(O)C1O)NC(=O)CCCCCCCCCCCCCCCCCCCC. The number of rotatable bonds is 59. The summed E-state index contributed by atoms with van der Waals surface area (Å²) in [5.74, 6) is -0.268. The molecule has 1 amide bonds. The molecule has 12 N–H and O–H groups in total. The van der Waals surface area contributed by atoms with Gasteiger partial charge < -0.3 is 89.9 Å². The normalized spacial score (nSPS) is 27.9. The van der Waals surface area contributed by atoms with Gasteiger partial charge in [0, 0.05) is 6.42 Å². The van der Waals surface area contributed by atoms with Gasteiger partial charge in [-0.15, -0.1) is 0 Å². The second-order valence-corrected chi connectivity index (χ2v) is 27.1.